The number of terminal acetylenes is 1. The minimum absolute atomic E-state index is 0.00443. The van der Waals surface area contributed by atoms with Crippen molar-refractivity contribution in [2.75, 3.05) is 137 Å². The van der Waals surface area contributed by atoms with Gasteiger partial charge in [-0.3, -0.25) is 72.5 Å². The van der Waals surface area contributed by atoms with Gasteiger partial charge < -0.3 is 55.1 Å². The van der Waals surface area contributed by atoms with Gasteiger partial charge in [-0.15, -0.1) is 6.42 Å². The maximum Gasteiger partial charge on any atom is 0.317 e. The lowest BCUT2D eigenvalue weighted by molar-refractivity contribution is -0.146. The lowest BCUT2D eigenvalue weighted by atomic mass is 9.92. The monoisotopic (exact) mass is 1420 g/mol. The van der Waals surface area contributed by atoms with Crippen LogP contribution in [0.15, 0.2) is 54.7 Å². The number of fused-ring (bicyclic) bond motifs is 1. The molecular formula is C62H82F2IN11O15S. The standard InChI is InChI=1S/C62H82F2IN11O15S/c1-3-47-34-62(63,64)39-76(47)56(81)35-68-59(85)49-15-18-66-51-14-13-48(32-50(49)51)91-30-5-7-45-16-20-75(21-17-45)61(87)52(33-58(84)88-2)70-60(86)53(38-92-31-19-67-54(79)8-4-6-44-9-11-46(65)12-10-44)69-55(80)36-71-22-23-72(37-57(82)83)25-27-74(41-90-43-78)29-28-73(26-24-71)40-89-42-77/h1,9-15,18,32,42-43,45,47,52-53H,4-8,16-17,19-31,33-41H2,2H3,(H,67,79)(H,68,85)(H,69,80)(H,70,86)(H,82,83)/t47-,52-,53-/m0/s1. The van der Waals surface area contributed by atoms with Crippen LogP contribution in [0.5, 0.6) is 5.75 Å². The van der Waals surface area contributed by atoms with Gasteiger partial charge in [0.1, 0.15) is 31.3 Å². The number of aromatic nitrogens is 1. The topological polar surface area (TPSA) is 308 Å². The first kappa shape index (κ1) is 73.7. The Bertz CT molecular complexity index is 3020. The summed E-state index contributed by atoms with van der Waals surface area (Å²) in [5, 5.41) is 21.2. The second-order valence-electron chi connectivity index (χ2n) is 22.6. The molecule has 3 saturated heterocycles. The molecule has 3 atom stereocenters. The molecule has 5 N–H and O–H groups in total. The van der Waals surface area contributed by atoms with Crippen molar-refractivity contribution in [3.05, 3.63) is 69.4 Å². The summed E-state index contributed by atoms with van der Waals surface area (Å²) in [6.07, 6.45) is 9.96. The van der Waals surface area contributed by atoms with Crippen LogP contribution >= 0.6 is 34.4 Å². The number of piperidine rings is 1. The highest BCUT2D eigenvalue weighted by atomic mass is 127. The van der Waals surface area contributed by atoms with Crippen LogP contribution in [0.25, 0.3) is 10.9 Å². The first-order chi connectivity index (χ1) is 44.3. The van der Waals surface area contributed by atoms with Gasteiger partial charge in [0.2, 0.25) is 29.5 Å². The van der Waals surface area contributed by atoms with Crippen LogP contribution in [0, 0.1) is 21.8 Å². The number of alkyl halides is 2. The van der Waals surface area contributed by atoms with Crippen molar-refractivity contribution in [2.45, 2.75) is 81.8 Å². The van der Waals surface area contributed by atoms with Crippen molar-refractivity contribution in [1.29, 1.82) is 0 Å². The van der Waals surface area contributed by atoms with Crippen LogP contribution in [0.3, 0.4) is 0 Å². The molecule has 0 spiro atoms. The number of ether oxygens (including phenoxy) is 4. The van der Waals surface area contributed by atoms with E-state index in [9.17, 15) is 61.8 Å². The summed E-state index contributed by atoms with van der Waals surface area (Å²) in [6.45, 7) is 2.07. The molecule has 30 heteroatoms. The van der Waals surface area contributed by atoms with E-state index in [2.05, 4.69) is 54.8 Å². The molecule has 2 aromatic carbocycles. The lowest BCUT2D eigenvalue weighted by Gasteiger charge is -2.34. The number of methoxy groups -OCH3 is 1. The first-order valence-corrected chi connectivity index (χ1v) is 32.7. The summed E-state index contributed by atoms with van der Waals surface area (Å²) in [7, 11) is 1.16. The van der Waals surface area contributed by atoms with E-state index in [1.165, 1.54) is 24.0 Å². The van der Waals surface area contributed by atoms with Gasteiger partial charge in [0, 0.05) is 111 Å². The summed E-state index contributed by atoms with van der Waals surface area (Å²) < 4.78 is 50.3. The number of carboxylic acid groups (broad SMARTS) is 1. The number of esters is 1. The number of aliphatic carboxylic acids is 1. The number of hydrogen-bond acceptors (Lipinski definition) is 20. The highest BCUT2D eigenvalue weighted by molar-refractivity contribution is 14.1. The first-order valence-electron chi connectivity index (χ1n) is 30.5. The normalized spacial score (nSPS) is 17.8. The second kappa shape index (κ2) is 38.6. The molecule has 0 unspecified atom stereocenters. The number of likely N-dealkylation sites (tertiary alicyclic amines) is 2. The number of thioether (sulfide) groups is 1. The third-order valence-electron chi connectivity index (χ3n) is 15.9. The summed E-state index contributed by atoms with van der Waals surface area (Å²) in [5.74, 6) is -5.03. The largest absolute Gasteiger partial charge is 0.494 e. The number of nitrogens with zero attached hydrogens (tertiary/aromatic N) is 7. The molecule has 0 aliphatic carbocycles. The predicted molar refractivity (Wildman–Crippen MR) is 343 cm³/mol. The molecule has 92 heavy (non-hydrogen) atoms. The van der Waals surface area contributed by atoms with Gasteiger partial charge in [0.25, 0.3) is 24.8 Å². The van der Waals surface area contributed by atoms with Crippen molar-refractivity contribution in [1.82, 2.24) is 55.7 Å². The zero-order chi connectivity index (χ0) is 66.4. The second-order valence-corrected chi connectivity index (χ2v) is 25.0. The summed E-state index contributed by atoms with van der Waals surface area (Å²) in [5.41, 5.74) is 1.80. The molecule has 0 saturated carbocycles. The van der Waals surface area contributed by atoms with E-state index >= 15 is 0 Å². The molecule has 1 aromatic heterocycles. The van der Waals surface area contributed by atoms with E-state index in [1.807, 2.05) is 34.1 Å². The van der Waals surface area contributed by atoms with Gasteiger partial charge in [-0.05, 0) is 109 Å². The molecule has 3 aromatic rings. The van der Waals surface area contributed by atoms with Crippen molar-refractivity contribution in [3.8, 4) is 18.1 Å². The zero-order valence-electron chi connectivity index (χ0n) is 51.6. The van der Waals surface area contributed by atoms with Crippen LogP contribution < -0.4 is 26.0 Å². The molecular weight excluding hydrogens is 1340 g/mol. The molecule has 4 heterocycles. The van der Waals surface area contributed by atoms with Crippen molar-refractivity contribution in [2.24, 2.45) is 5.92 Å². The molecule has 6 rings (SSSR count). The number of aryl methyl sites for hydroxylation is 1. The number of carbonyl (C=O) groups is 10. The Labute approximate surface area is 551 Å². The molecule has 26 nitrogen and oxygen atoms in total. The Morgan fingerprint density at radius 3 is 2.11 bits per heavy atom. The number of pyridine rings is 1. The van der Waals surface area contributed by atoms with Gasteiger partial charge >= 0.3 is 11.9 Å². The third kappa shape index (κ3) is 25.3. The number of benzene rings is 2. The maximum atomic E-state index is 14.5. The number of halogens is 3. The van der Waals surface area contributed by atoms with Crippen molar-refractivity contribution < 1.29 is 80.8 Å². The summed E-state index contributed by atoms with van der Waals surface area (Å²) in [6, 6.07) is 10.9. The van der Waals surface area contributed by atoms with Crippen LogP contribution in [0.4, 0.5) is 8.78 Å². The van der Waals surface area contributed by atoms with Crippen LogP contribution in [-0.2, 0) is 63.8 Å². The van der Waals surface area contributed by atoms with Gasteiger partial charge in [0.05, 0.1) is 63.4 Å². The Morgan fingerprint density at radius 2 is 1.48 bits per heavy atom. The van der Waals surface area contributed by atoms with E-state index in [4.69, 9.17) is 25.4 Å². The van der Waals surface area contributed by atoms with Crippen LogP contribution in [0.1, 0.15) is 67.3 Å². The Kier molecular flexibility index (Phi) is 31.0. The minimum atomic E-state index is -3.12. The minimum Gasteiger partial charge on any atom is -0.494 e. The fraction of sp³-hybridized carbons (Fsp3) is 0.565. The van der Waals surface area contributed by atoms with Gasteiger partial charge in [-0.2, -0.15) is 11.8 Å². The van der Waals surface area contributed by atoms with E-state index in [-0.39, 0.29) is 82.4 Å². The molecule has 3 aliphatic rings. The fourth-order valence-corrected chi connectivity index (χ4v) is 12.1. The maximum absolute atomic E-state index is 14.5. The van der Waals surface area contributed by atoms with Gasteiger partial charge in [0.15, 0.2) is 0 Å². The molecule has 3 aliphatic heterocycles. The Morgan fingerprint density at radius 1 is 0.826 bits per heavy atom. The third-order valence-corrected chi connectivity index (χ3v) is 17.7. The molecule has 502 valence electrons. The van der Waals surface area contributed by atoms with Gasteiger partial charge in [-0.1, -0.05) is 18.1 Å². The molecule has 6 amide bonds. The van der Waals surface area contributed by atoms with E-state index in [0.29, 0.717) is 113 Å². The Hall–Kier alpha value is -7.31. The average Bonchev–Trinajstić information content (AvgIpc) is 1.32. The average molecular weight is 1420 g/mol. The predicted octanol–water partition coefficient (Wildman–Crippen LogP) is 1.81. The molecule has 0 bridgehead atoms. The van der Waals surface area contributed by atoms with Crippen molar-refractivity contribution in [3.63, 3.8) is 0 Å². The zero-order valence-corrected chi connectivity index (χ0v) is 54.6. The smallest absolute Gasteiger partial charge is 0.317 e. The number of hydrogen-bond donors (Lipinski definition) is 5. The highest BCUT2D eigenvalue weighted by Crippen LogP contribution is 2.32. The number of amides is 6. The Balaban J connectivity index is 1.05. The highest BCUT2D eigenvalue weighted by Gasteiger charge is 2.46. The van der Waals surface area contributed by atoms with E-state index in [0.717, 1.165) is 34.0 Å². The fourth-order valence-electron chi connectivity index (χ4n) is 10.8. The summed E-state index contributed by atoms with van der Waals surface area (Å²) in [4.78, 5) is 143. The van der Waals surface area contributed by atoms with Crippen molar-refractivity contribution >= 4 is 106 Å². The molecule has 0 radical (unpaired) electrons. The summed E-state index contributed by atoms with van der Waals surface area (Å²) >= 11 is 3.51. The van der Waals surface area contributed by atoms with Gasteiger partial charge in [-0.25, -0.2) is 8.78 Å². The van der Waals surface area contributed by atoms with Crippen LogP contribution in [0.2, 0.25) is 0 Å². The quantitative estimate of drug-likeness (QED) is 0.0145. The number of rotatable bonds is 33. The number of carbonyl (C=O) groups excluding carboxylic acids is 9. The number of nitrogens with one attached hydrogen (secondary N) is 4. The molecule has 3 fully saturated rings. The van der Waals surface area contributed by atoms with Crippen LogP contribution in [-0.4, -0.2) is 261 Å². The van der Waals surface area contributed by atoms with E-state index in [1.54, 1.807) is 32.9 Å². The SMILES string of the molecule is C#C[C@H]1CC(F)(F)CN1C(=O)CNC(=O)c1ccnc2ccc(OCCCC3CCN(C(=O)[C@H](CC(=O)OC)NC(=O)[C@H](CSCCNC(=O)CCCc4ccc(I)cc4)NC(=O)CN4CCN(COC=O)CCN(COC=O)CCN(CC(=O)O)CC4)CC3)cc12. The lowest BCUT2D eigenvalue weighted by Crippen LogP contribution is -2.57. The van der Waals surface area contributed by atoms with E-state index < -0.39 is 91.5 Å². The number of carboxylic acids is 1.